The molecule has 24 heavy (non-hydrogen) atoms. The summed E-state index contributed by atoms with van der Waals surface area (Å²) in [5.41, 5.74) is 1.15. The Morgan fingerprint density at radius 1 is 1.17 bits per heavy atom. The first-order chi connectivity index (χ1) is 11.6. The van der Waals surface area contributed by atoms with Gasteiger partial charge in [0.25, 0.3) is 0 Å². The fourth-order valence-electron chi connectivity index (χ4n) is 3.60. The van der Waals surface area contributed by atoms with Crippen molar-refractivity contribution in [1.29, 1.82) is 0 Å². The first kappa shape index (κ1) is 17.0. The van der Waals surface area contributed by atoms with Crippen LogP contribution in [0.25, 0.3) is 0 Å². The molecule has 2 unspecified atom stereocenters. The maximum atomic E-state index is 12.5. The van der Waals surface area contributed by atoms with Crippen molar-refractivity contribution in [2.45, 2.75) is 25.7 Å². The number of carbonyl (C=O) groups excluding carboxylic acids is 1. The summed E-state index contributed by atoms with van der Waals surface area (Å²) >= 11 is 0. The van der Waals surface area contributed by atoms with Crippen LogP contribution in [-0.2, 0) is 20.7 Å². The first-order valence-corrected chi connectivity index (χ1v) is 8.77. The van der Waals surface area contributed by atoms with E-state index in [1.165, 1.54) is 0 Å². The molecule has 2 fully saturated rings. The smallest absolute Gasteiger partial charge is 0.307 e. The van der Waals surface area contributed by atoms with Gasteiger partial charge < -0.3 is 14.7 Å². The minimum Gasteiger partial charge on any atom is -0.481 e. The molecular formula is C19H25NO4. The van der Waals surface area contributed by atoms with Gasteiger partial charge in [0, 0.05) is 19.5 Å². The number of carboxylic acid groups (broad SMARTS) is 1. The van der Waals surface area contributed by atoms with Gasteiger partial charge in [0.15, 0.2) is 0 Å². The molecule has 3 rings (SSSR count). The van der Waals surface area contributed by atoms with E-state index in [-0.39, 0.29) is 18.2 Å². The Morgan fingerprint density at radius 3 is 2.42 bits per heavy atom. The molecule has 1 saturated carbocycles. The van der Waals surface area contributed by atoms with E-state index in [0.29, 0.717) is 32.2 Å². The third-order valence-electron chi connectivity index (χ3n) is 5.13. The molecule has 1 N–H and O–H groups in total. The largest absolute Gasteiger partial charge is 0.481 e. The minimum atomic E-state index is -0.843. The summed E-state index contributed by atoms with van der Waals surface area (Å²) in [6, 6.07) is 10.0. The second kappa shape index (κ2) is 7.79. The number of carboxylic acids is 1. The average Bonchev–Trinajstić information content (AvgIpc) is 3.44. The third kappa shape index (κ3) is 4.35. The van der Waals surface area contributed by atoms with Gasteiger partial charge in [-0.15, -0.1) is 0 Å². The van der Waals surface area contributed by atoms with Crippen LogP contribution in [0.4, 0.5) is 0 Å². The molecule has 1 aliphatic heterocycles. The molecular weight excluding hydrogens is 306 g/mol. The lowest BCUT2D eigenvalue weighted by molar-refractivity contribution is -0.149. The van der Waals surface area contributed by atoms with E-state index < -0.39 is 11.9 Å². The Hall–Kier alpha value is -1.88. The molecule has 0 bridgehead atoms. The summed E-state index contributed by atoms with van der Waals surface area (Å²) in [5, 5.41) is 9.75. The van der Waals surface area contributed by atoms with E-state index in [4.69, 9.17) is 4.74 Å². The maximum absolute atomic E-state index is 12.5. The van der Waals surface area contributed by atoms with Crippen LogP contribution in [0.3, 0.4) is 0 Å². The van der Waals surface area contributed by atoms with Gasteiger partial charge in [-0.3, -0.25) is 9.59 Å². The monoisotopic (exact) mass is 331 g/mol. The number of nitrogens with zero attached hydrogens (tertiary/aromatic N) is 1. The van der Waals surface area contributed by atoms with E-state index in [2.05, 4.69) is 0 Å². The molecule has 1 amide bonds. The van der Waals surface area contributed by atoms with Gasteiger partial charge in [0.05, 0.1) is 19.1 Å². The highest BCUT2D eigenvalue weighted by Crippen LogP contribution is 2.43. The summed E-state index contributed by atoms with van der Waals surface area (Å²) in [6.07, 6.45) is 2.99. The van der Waals surface area contributed by atoms with Crippen molar-refractivity contribution in [3.05, 3.63) is 35.9 Å². The van der Waals surface area contributed by atoms with E-state index in [1.807, 2.05) is 30.3 Å². The number of hydrogen-bond donors (Lipinski definition) is 1. The van der Waals surface area contributed by atoms with E-state index >= 15 is 0 Å². The number of rotatable bonds is 7. The number of amides is 1. The average molecular weight is 331 g/mol. The highest BCUT2D eigenvalue weighted by Gasteiger charge is 2.41. The zero-order valence-electron chi connectivity index (χ0n) is 13.9. The zero-order chi connectivity index (χ0) is 16.9. The van der Waals surface area contributed by atoms with E-state index in [0.717, 1.165) is 24.8 Å². The Morgan fingerprint density at radius 2 is 1.83 bits per heavy atom. The van der Waals surface area contributed by atoms with E-state index in [9.17, 15) is 14.7 Å². The quantitative estimate of drug-likeness (QED) is 0.832. The number of aliphatic carboxylic acids is 1. The predicted octanol–water partition coefficient (Wildman–Crippen LogP) is 2.21. The van der Waals surface area contributed by atoms with Crippen LogP contribution in [0.5, 0.6) is 0 Å². The van der Waals surface area contributed by atoms with Gasteiger partial charge in [-0.2, -0.15) is 0 Å². The number of ether oxygens (including phenoxy) is 1. The molecule has 0 aromatic heterocycles. The summed E-state index contributed by atoms with van der Waals surface area (Å²) in [4.78, 5) is 26.1. The van der Waals surface area contributed by atoms with Crippen LogP contribution in [0, 0.1) is 17.8 Å². The lowest BCUT2D eigenvalue weighted by Crippen LogP contribution is -2.43. The highest BCUT2D eigenvalue weighted by molar-refractivity contribution is 5.82. The molecule has 130 valence electrons. The highest BCUT2D eigenvalue weighted by atomic mass is 16.5. The van der Waals surface area contributed by atoms with Gasteiger partial charge in [0.2, 0.25) is 5.91 Å². The van der Waals surface area contributed by atoms with Crippen LogP contribution in [0.2, 0.25) is 0 Å². The lowest BCUT2D eigenvalue weighted by atomic mass is 9.81. The number of benzene rings is 1. The van der Waals surface area contributed by atoms with Crippen molar-refractivity contribution in [2.75, 3.05) is 26.3 Å². The topological polar surface area (TPSA) is 66.8 Å². The standard InChI is InChI=1S/C19H25NO4/c21-18(20-8-10-24-11-9-20)13-17(19(22)23)16(15-6-7-15)12-14-4-2-1-3-5-14/h1-5,15-17H,6-13H2,(H,22,23). The fourth-order valence-corrected chi connectivity index (χ4v) is 3.60. The number of hydrogen-bond acceptors (Lipinski definition) is 3. The SMILES string of the molecule is O=C(O)C(CC(=O)N1CCOCC1)C(Cc1ccccc1)C1CC1. The molecule has 2 aliphatic rings. The molecule has 2 atom stereocenters. The molecule has 0 radical (unpaired) electrons. The van der Waals surface area contributed by atoms with Crippen LogP contribution in [0.15, 0.2) is 30.3 Å². The van der Waals surface area contributed by atoms with Crippen molar-refractivity contribution >= 4 is 11.9 Å². The molecule has 1 aliphatic carbocycles. The second-order valence-corrected chi connectivity index (χ2v) is 6.83. The molecule has 5 heteroatoms. The van der Waals surface area contributed by atoms with Crippen LogP contribution >= 0.6 is 0 Å². The minimum absolute atomic E-state index is 0.0369. The summed E-state index contributed by atoms with van der Waals surface area (Å²) in [5.74, 6) is -1.03. The first-order valence-electron chi connectivity index (χ1n) is 8.77. The Balaban J connectivity index is 1.69. The Bertz CT molecular complexity index is 564. The predicted molar refractivity (Wildman–Crippen MR) is 89.5 cm³/mol. The van der Waals surface area contributed by atoms with Crippen molar-refractivity contribution in [3.8, 4) is 0 Å². The summed E-state index contributed by atoms with van der Waals surface area (Å²) < 4.78 is 5.27. The molecule has 1 heterocycles. The molecule has 1 saturated heterocycles. The Labute approximate surface area is 142 Å². The maximum Gasteiger partial charge on any atom is 0.307 e. The van der Waals surface area contributed by atoms with Crippen molar-refractivity contribution < 1.29 is 19.4 Å². The lowest BCUT2D eigenvalue weighted by Gasteiger charge is -2.30. The van der Waals surface area contributed by atoms with Crippen LogP contribution in [-0.4, -0.2) is 48.2 Å². The molecule has 1 aromatic carbocycles. The number of morpholine rings is 1. The van der Waals surface area contributed by atoms with Gasteiger partial charge in [-0.1, -0.05) is 30.3 Å². The molecule has 5 nitrogen and oxygen atoms in total. The van der Waals surface area contributed by atoms with Crippen molar-refractivity contribution in [2.24, 2.45) is 17.8 Å². The normalized spacial score (nSPS) is 20.4. The summed E-state index contributed by atoms with van der Waals surface area (Å²) in [7, 11) is 0. The zero-order valence-corrected chi connectivity index (χ0v) is 13.9. The van der Waals surface area contributed by atoms with Gasteiger partial charge >= 0.3 is 5.97 Å². The van der Waals surface area contributed by atoms with Crippen LogP contribution in [0.1, 0.15) is 24.8 Å². The van der Waals surface area contributed by atoms with Gasteiger partial charge in [-0.25, -0.2) is 0 Å². The Kier molecular flexibility index (Phi) is 5.51. The molecule has 0 spiro atoms. The van der Waals surface area contributed by atoms with Crippen LogP contribution < -0.4 is 0 Å². The number of carbonyl (C=O) groups is 2. The van der Waals surface area contributed by atoms with Crippen molar-refractivity contribution in [3.63, 3.8) is 0 Å². The van der Waals surface area contributed by atoms with Gasteiger partial charge in [-0.05, 0) is 36.7 Å². The second-order valence-electron chi connectivity index (χ2n) is 6.83. The van der Waals surface area contributed by atoms with Gasteiger partial charge in [0.1, 0.15) is 0 Å². The van der Waals surface area contributed by atoms with Crippen molar-refractivity contribution in [1.82, 2.24) is 4.90 Å². The fraction of sp³-hybridized carbons (Fsp3) is 0.579. The summed E-state index contributed by atoms with van der Waals surface area (Å²) in [6.45, 7) is 2.22. The third-order valence-corrected chi connectivity index (χ3v) is 5.13. The van der Waals surface area contributed by atoms with E-state index in [1.54, 1.807) is 4.90 Å². The molecule has 1 aromatic rings.